The molecule has 0 radical (unpaired) electrons. The number of halogens is 1. The lowest BCUT2D eigenvalue weighted by Gasteiger charge is -2.47. The molecule has 1 atom stereocenters. The molecule has 2 aromatic rings. The highest BCUT2D eigenvalue weighted by Gasteiger charge is 2.35. The first-order chi connectivity index (χ1) is 14.7. The topological polar surface area (TPSA) is 44.7 Å². The van der Waals surface area contributed by atoms with Gasteiger partial charge in [0.2, 0.25) is 0 Å². The molecule has 0 saturated carbocycles. The molecule has 4 nitrogen and oxygen atoms in total. The Morgan fingerprint density at radius 2 is 2.10 bits per heavy atom. The van der Waals surface area contributed by atoms with Gasteiger partial charge in [-0.2, -0.15) is 0 Å². The Morgan fingerprint density at radius 1 is 1.32 bits per heavy atom. The molecule has 2 aromatic carbocycles. The van der Waals surface area contributed by atoms with Gasteiger partial charge in [0.1, 0.15) is 0 Å². The summed E-state index contributed by atoms with van der Waals surface area (Å²) in [5.74, 6) is 0.350. The molecule has 2 aliphatic rings. The molecule has 1 saturated heterocycles. The number of hydrogen-bond acceptors (Lipinski definition) is 4. The highest BCUT2D eigenvalue weighted by molar-refractivity contribution is 8.18. The van der Waals surface area contributed by atoms with Crippen molar-refractivity contribution in [1.82, 2.24) is 5.32 Å². The zero-order valence-corrected chi connectivity index (χ0v) is 20.2. The molecule has 0 unspecified atom stereocenters. The molecule has 1 amide bonds. The number of anilines is 1. The van der Waals surface area contributed by atoms with Crippen LogP contribution in [0.15, 0.2) is 46.3 Å². The van der Waals surface area contributed by atoms with Crippen molar-refractivity contribution >= 4 is 51.9 Å². The van der Waals surface area contributed by atoms with Crippen molar-refractivity contribution in [3.05, 3.63) is 63.0 Å². The lowest BCUT2D eigenvalue weighted by Crippen LogP contribution is -2.48. The van der Waals surface area contributed by atoms with Crippen LogP contribution in [0.4, 0.5) is 11.4 Å². The summed E-state index contributed by atoms with van der Waals surface area (Å²) < 4.78 is 0. The van der Waals surface area contributed by atoms with Gasteiger partial charge in [0.15, 0.2) is 5.17 Å². The van der Waals surface area contributed by atoms with Crippen LogP contribution in [-0.4, -0.2) is 23.2 Å². The lowest BCUT2D eigenvalue weighted by atomic mass is 9.79. The highest BCUT2D eigenvalue weighted by atomic mass is 35.5. The number of amidine groups is 1. The largest absolute Gasteiger partial charge is 0.366 e. The number of thioether (sulfide) groups is 1. The summed E-state index contributed by atoms with van der Waals surface area (Å²) in [5.41, 5.74) is 5.79. The molecule has 4 rings (SSSR count). The molecule has 2 aliphatic heterocycles. The molecule has 162 valence electrons. The van der Waals surface area contributed by atoms with E-state index in [-0.39, 0.29) is 11.4 Å². The van der Waals surface area contributed by atoms with E-state index in [1.54, 1.807) is 12.1 Å². The number of hydrogen-bond donors (Lipinski definition) is 1. The molecule has 31 heavy (non-hydrogen) atoms. The zero-order chi connectivity index (χ0) is 22.3. The van der Waals surface area contributed by atoms with Crippen LogP contribution >= 0.6 is 23.4 Å². The van der Waals surface area contributed by atoms with Crippen molar-refractivity contribution in [3.8, 4) is 0 Å². The molecule has 1 fully saturated rings. The van der Waals surface area contributed by atoms with E-state index < -0.39 is 0 Å². The Kier molecular flexibility index (Phi) is 5.93. The number of rotatable bonds is 3. The minimum atomic E-state index is -0.118. The molecule has 0 spiro atoms. The van der Waals surface area contributed by atoms with E-state index in [0.29, 0.717) is 21.0 Å². The minimum absolute atomic E-state index is 0.118. The Hall–Kier alpha value is -2.24. The Morgan fingerprint density at radius 3 is 2.81 bits per heavy atom. The minimum Gasteiger partial charge on any atom is -0.366 e. The van der Waals surface area contributed by atoms with E-state index in [9.17, 15) is 4.79 Å². The fraction of sp³-hybridized carbons (Fsp3) is 0.360. The second-order valence-electron chi connectivity index (χ2n) is 8.89. The number of carbonyl (C=O) groups is 1. The summed E-state index contributed by atoms with van der Waals surface area (Å²) in [6.07, 6.45) is 3.09. The number of fused-ring (bicyclic) bond motifs is 1. The molecule has 6 heteroatoms. The van der Waals surface area contributed by atoms with E-state index >= 15 is 0 Å². The number of carbonyl (C=O) groups excluding carboxylic acids is 1. The Labute approximate surface area is 193 Å². The lowest BCUT2D eigenvalue weighted by molar-refractivity contribution is -0.115. The fourth-order valence-electron chi connectivity index (χ4n) is 4.69. The van der Waals surface area contributed by atoms with Gasteiger partial charge in [0, 0.05) is 22.8 Å². The Balaban J connectivity index is 1.67. The number of benzene rings is 2. The molecule has 0 aromatic heterocycles. The van der Waals surface area contributed by atoms with E-state index in [4.69, 9.17) is 11.6 Å². The summed E-state index contributed by atoms with van der Waals surface area (Å²) in [7, 11) is 0. The third-order valence-corrected chi connectivity index (χ3v) is 7.21. The summed E-state index contributed by atoms with van der Waals surface area (Å²) >= 11 is 7.41. The third kappa shape index (κ3) is 4.39. The maximum absolute atomic E-state index is 12.6. The second-order valence-corrected chi connectivity index (χ2v) is 10.4. The van der Waals surface area contributed by atoms with Gasteiger partial charge in [0.25, 0.3) is 5.91 Å². The standard InChI is InChI=1S/C25H28ClN3OS/c1-6-29-21-10-15(2)17(11-20(21)16(3)14-25(29,4)5)12-22-23(30)28-24(31-22)27-19-9-7-8-18(26)13-19/h7-13,16H,6,14H2,1-5H3,(H,27,28,30)/b22-12-/t16-/m1/s1. The van der Waals surface area contributed by atoms with Gasteiger partial charge in [-0.15, -0.1) is 0 Å². The second kappa shape index (κ2) is 8.36. The van der Waals surface area contributed by atoms with E-state index in [1.807, 2.05) is 18.2 Å². The predicted molar refractivity (Wildman–Crippen MR) is 134 cm³/mol. The molecular formula is C25H28ClN3OS. The molecule has 2 heterocycles. The van der Waals surface area contributed by atoms with Gasteiger partial charge in [-0.05, 0) is 105 Å². The first-order valence-corrected chi connectivity index (χ1v) is 11.8. The monoisotopic (exact) mass is 453 g/mol. The fourth-order valence-corrected chi connectivity index (χ4v) is 5.71. The van der Waals surface area contributed by atoms with E-state index in [0.717, 1.165) is 24.2 Å². The molecular weight excluding hydrogens is 426 g/mol. The van der Waals surface area contributed by atoms with E-state index in [2.05, 4.69) is 62.0 Å². The van der Waals surface area contributed by atoms with Gasteiger partial charge in [-0.1, -0.05) is 24.6 Å². The van der Waals surface area contributed by atoms with Crippen LogP contribution in [0, 0.1) is 6.92 Å². The average Bonchev–Trinajstić information content (AvgIpc) is 3.01. The first kappa shape index (κ1) is 22.0. The average molecular weight is 454 g/mol. The van der Waals surface area contributed by atoms with Gasteiger partial charge in [-0.25, -0.2) is 4.99 Å². The van der Waals surface area contributed by atoms with Crippen LogP contribution in [0.25, 0.3) is 6.08 Å². The Bertz CT molecular complexity index is 1110. The van der Waals surface area contributed by atoms with Crippen LogP contribution < -0.4 is 10.2 Å². The van der Waals surface area contributed by atoms with Crippen molar-refractivity contribution in [3.63, 3.8) is 0 Å². The van der Waals surface area contributed by atoms with E-state index in [1.165, 1.54) is 28.6 Å². The number of aryl methyl sites for hydroxylation is 1. The van der Waals surface area contributed by atoms with Crippen LogP contribution in [0.5, 0.6) is 0 Å². The number of nitrogens with one attached hydrogen (secondary N) is 1. The smallest absolute Gasteiger partial charge is 0.264 e. The number of amides is 1. The highest BCUT2D eigenvalue weighted by Crippen LogP contribution is 2.44. The van der Waals surface area contributed by atoms with Crippen LogP contribution in [0.1, 0.15) is 56.7 Å². The molecule has 0 bridgehead atoms. The van der Waals surface area contributed by atoms with Crippen LogP contribution in [0.3, 0.4) is 0 Å². The first-order valence-electron chi connectivity index (χ1n) is 10.7. The van der Waals surface area contributed by atoms with Crippen LogP contribution in [-0.2, 0) is 4.79 Å². The SMILES string of the molecule is CCN1c2cc(C)c(/C=C3\SC(=Nc4cccc(Cl)c4)NC3=O)cc2[C@H](C)CC1(C)C. The van der Waals surface area contributed by atoms with Crippen molar-refractivity contribution < 1.29 is 4.79 Å². The van der Waals surface area contributed by atoms with Gasteiger partial charge in [0.05, 0.1) is 10.6 Å². The quantitative estimate of drug-likeness (QED) is 0.529. The summed E-state index contributed by atoms with van der Waals surface area (Å²) in [6.45, 7) is 12.3. The molecule has 1 N–H and O–H groups in total. The third-order valence-electron chi connectivity index (χ3n) is 6.07. The predicted octanol–water partition coefficient (Wildman–Crippen LogP) is 6.65. The number of aliphatic imine (C=N–C) groups is 1. The van der Waals surface area contributed by atoms with Gasteiger partial charge >= 0.3 is 0 Å². The van der Waals surface area contributed by atoms with Gasteiger partial charge in [-0.3, -0.25) is 4.79 Å². The maximum atomic E-state index is 12.6. The maximum Gasteiger partial charge on any atom is 0.264 e. The van der Waals surface area contributed by atoms with Crippen molar-refractivity contribution in [2.24, 2.45) is 4.99 Å². The summed E-state index contributed by atoms with van der Waals surface area (Å²) in [5, 5.41) is 4.06. The zero-order valence-electron chi connectivity index (χ0n) is 18.6. The summed E-state index contributed by atoms with van der Waals surface area (Å²) in [6, 6.07) is 11.8. The summed E-state index contributed by atoms with van der Waals surface area (Å²) in [4.78, 5) is 20.2. The van der Waals surface area contributed by atoms with Gasteiger partial charge < -0.3 is 10.2 Å². The number of nitrogens with zero attached hydrogens (tertiary/aromatic N) is 2. The van der Waals surface area contributed by atoms with Crippen molar-refractivity contribution in [2.45, 2.75) is 52.5 Å². The normalized spacial score (nSPS) is 22.7. The van der Waals surface area contributed by atoms with Crippen molar-refractivity contribution in [2.75, 3.05) is 11.4 Å². The van der Waals surface area contributed by atoms with Crippen LogP contribution in [0.2, 0.25) is 5.02 Å². The van der Waals surface area contributed by atoms with Crippen molar-refractivity contribution in [1.29, 1.82) is 0 Å². The molecule has 0 aliphatic carbocycles.